The van der Waals surface area contributed by atoms with Gasteiger partial charge in [0.15, 0.2) is 11.9 Å². The standard InChI is InChI=1S/C19H17BrN4OS/c1-2-11-26-19-22-18-16(23-24-19)14-5-3-4-6-15(14)21-17(25-18)12-7-9-13(20)10-8-12/h3-10,17,21H,2,11H2,1H3/t17-/m0/s1. The number of nitrogens with zero attached hydrogens (tertiary/aromatic N) is 3. The number of halogens is 1. The third-order valence-corrected chi connectivity index (χ3v) is 5.51. The van der Waals surface area contributed by atoms with Crippen molar-refractivity contribution >= 4 is 33.4 Å². The van der Waals surface area contributed by atoms with E-state index in [1.54, 1.807) is 11.8 Å². The van der Waals surface area contributed by atoms with E-state index in [2.05, 4.69) is 43.4 Å². The zero-order valence-electron chi connectivity index (χ0n) is 14.1. The van der Waals surface area contributed by atoms with Gasteiger partial charge in [0.2, 0.25) is 11.0 Å². The zero-order valence-corrected chi connectivity index (χ0v) is 16.5. The van der Waals surface area contributed by atoms with Crippen molar-refractivity contribution in [3.63, 3.8) is 0 Å². The largest absolute Gasteiger partial charge is 0.448 e. The molecule has 132 valence electrons. The van der Waals surface area contributed by atoms with Crippen LogP contribution in [0, 0.1) is 0 Å². The normalized spacial score (nSPS) is 15.2. The maximum Gasteiger partial charge on any atom is 0.247 e. The first kappa shape index (κ1) is 17.3. The molecular weight excluding hydrogens is 412 g/mol. The number of nitrogens with one attached hydrogen (secondary N) is 1. The second-order valence-corrected chi connectivity index (χ2v) is 7.81. The fourth-order valence-electron chi connectivity index (χ4n) is 2.69. The smallest absolute Gasteiger partial charge is 0.247 e. The molecule has 4 rings (SSSR count). The Labute approximate surface area is 164 Å². The van der Waals surface area contributed by atoms with Crippen LogP contribution in [0.25, 0.3) is 11.3 Å². The molecule has 0 spiro atoms. The molecule has 1 aliphatic heterocycles. The Morgan fingerprint density at radius 3 is 2.73 bits per heavy atom. The number of thioether (sulfide) groups is 1. The molecule has 1 atom stereocenters. The molecule has 0 fully saturated rings. The van der Waals surface area contributed by atoms with Crippen LogP contribution in [-0.4, -0.2) is 20.9 Å². The van der Waals surface area contributed by atoms with Crippen molar-refractivity contribution in [3.05, 3.63) is 58.6 Å². The molecule has 3 aromatic rings. The lowest BCUT2D eigenvalue weighted by molar-refractivity contribution is 0.225. The topological polar surface area (TPSA) is 59.9 Å². The van der Waals surface area contributed by atoms with Gasteiger partial charge in [-0.15, -0.1) is 10.2 Å². The van der Waals surface area contributed by atoms with Gasteiger partial charge in [0.25, 0.3) is 0 Å². The van der Waals surface area contributed by atoms with Gasteiger partial charge in [0.1, 0.15) is 0 Å². The van der Waals surface area contributed by atoms with E-state index in [1.165, 1.54) is 0 Å². The van der Waals surface area contributed by atoms with Crippen LogP contribution in [0.15, 0.2) is 58.2 Å². The molecule has 0 saturated heterocycles. The van der Waals surface area contributed by atoms with Crippen molar-refractivity contribution in [1.82, 2.24) is 15.2 Å². The Balaban J connectivity index is 1.78. The molecule has 1 N–H and O–H groups in total. The summed E-state index contributed by atoms with van der Waals surface area (Å²) in [6, 6.07) is 16.0. The third-order valence-electron chi connectivity index (χ3n) is 3.94. The highest BCUT2D eigenvalue weighted by Crippen LogP contribution is 2.39. The minimum Gasteiger partial charge on any atom is -0.448 e. The Hall–Kier alpha value is -2.12. The average molecular weight is 429 g/mol. The van der Waals surface area contributed by atoms with E-state index in [-0.39, 0.29) is 6.23 Å². The van der Waals surface area contributed by atoms with Gasteiger partial charge in [-0.3, -0.25) is 0 Å². The van der Waals surface area contributed by atoms with Crippen LogP contribution in [0.2, 0.25) is 0 Å². The number of fused-ring (bicyclic) bond motifs is 3. The second-order valence-electron chi connectivity index (χ2n) is 5.84. The Morgan fingerprint density at radius 1 is 1.12 bits per heavy atom. The summed E-state index contributed by atoms with van der Waals surface area (Å²) in [5.74, 6) is 1.45. The van der Waals surface area contributed by atoms with E-state index >= 15 is 0 Å². The highest BCUT2D eigenvalue weighted by Gasteiger charge is 2.25. The fraction of sp³-hybridized carbons (Fsp3) is 0.211. The predicted octanol–water partition coefficient (Wildman–Crippen LogP) is 5.31. The lowest BCUT2D eigenvalue weighted by Crippen LogP contribution is -2.17. The number of para-hydroxylation sites is 1. The van der Waals surface area contributed by atoms with Crippen molar-refractivity contribution in [2.75, 3.05) is 11.1 Å². The van der Waals surface area contributed by atoms with Crippen LogP contribution < -0.4 is 10.1 Å². The van der Waals surface area contributed by atoms with Gasteiger partial charge in [-0.25, -0.2) is 0 Å². The minimum absolute atomic E-state index is 0.355. The van der Waals surface area contributed by atoms with Crippen LogP contribution in [0.4, 0.5) is 5.69 Å². The highest BCUT2D eigenvalue weighted by molar-refractivity contribution is 9.10. The van der Waals surface area contributed by atoms with E-state index in [4.69, 9.17) is 4.74 Å². The van der Waals surface area contributed by atoms with Crippen LogP contribution >= 0.6 is 27.7 Å². The Bertz CT molecular complexity index is 920. The van der Waals surface area contributed by atoms with Crippen LogP contribution in [-0.2, 0) is 0 Å². The number of aromatic nitrogens is 3. The van der Waals surface area contributed by atoms with Gasteiger partial charge in [-0.1, -0.05) is 64.9 Å². The summed E-state index contributed by atoms with van der Waals surface area (Å²) >= 11 is 5.06. The molecule has 2 heterocycles. The lowest BCUT2D eigenvalue weighted by atomic mass is 10.1. The number of benzene rings is 2. The molecule has 0 unspecified atom stereocenters. The van der Waals surface area contributed by atoms with Gasteiger partial charge in [-0.2, -0.15) is 4.98 Å². The molecule has 0 radical (unpaired) electrons. The average Bonchev–Trinajstić information content (AvgIpc) is 2.83. The van der Waals surface area contributed by atoms with Crippen LogP contribution in [0.3, 0.4) is 0 Å². The summed E-state index contributed by atoms with van der Waals surface area (Å²) in [7, 11) is 0. The summed E-state index contributed by atoms with van der Waals surface area (Å²) < 4.78 is 7.26. The summed E-state index contributed by atoms with van der Waals surface area (Å²) in [5, 5.41) is 12.8. The predicted molar refractivity (Wildman–Crippen MR) is 107 cm³/mol. The van der Waals surface area contributed by atoms with Crippen LogP contribution in [0.1, 0.15) is 25.1 Å². The van der Waals surface area contributed by atoms with Gasteiger partial charge >= 0.3 is 0 Å². The van der Waals surface area contributed by atoms with Gasteiger partial charge < -0.3 is 10.1 Å². The fourth-order valence-corrected chi connectivity index (χ4v) is 3.59. The van der Waals surface area contributed by atoms with Crippen molar-refractivity contribution < 1.29 is 4.74 Å². The first-order valence-electron chi connectivity index (χ1n) is 8.40. The van der Waals surface area contributed by atoms with E-state index in [0.29, 0.717) is 16.7 Å². The molecule has 1 aliphatic rings. The second kappa shape index (κ2) is 7.63. The number of hydrogen-bond donors (Lipinski definition) is 1. The molecule has 26 heavy (non-hydrogen) atoms. The zero-order chi connectivity index (χ0) is 17.9. The summed E-state index contributed by atoms with van der Waals surface area (Å²) in [6.07, 6.45) is 0.698. The maximum atomic E-state index is 6.23. The van der Waals surface area contributed by atoms with E-state index in [1.807, 2.05) is 48.5 Å². The summed E-state index contributed by atoms with van der Waals surface area (Å²) in [5.41, 5.74) is 3.56. The number of hydrogen-bond acceptors (Lipinski definition) is 6. The Morgan fingerprint density at radius 2 is 1.92 bits per heavy atom. The molecule has 1 aromatic heterocycles. The molecule has 5 nitrogen and oxygen atoms in total. The van der Waals surface area contributed by atoms with Gasteiger partial charge in [0, 0.05) is 27.0 Å². The molecular formula is C19H17BrN4OS. The lowest BCUT2D eigenvalue weighted by Gasteiger charge is -2.19. The van der Waals surface area contributed by atoms with Gasteiger partial charge in [0.05, 0.1) is 0 Å². The first-order valence-corrected chi connectivity index (χ1v) is 10.2. The van der Waals surface area contributed by atoms with E-state index in [9.17, 15) is 0 Å². The molecule has 0 aliphatic carbocycles. The molecule has 0 amide bonds. The van der Waals surface area contributed by atoms with Crippen molar-refractivity contribution in [3.8, 4) is 17.1 Å². The molecule has 0 saturated carbocycles. The SMILES string of the molecule is CCCSc1nnc2c(n1)O[C@@H](c1ccc(Br)cc1)Nc1ccccc1-2. The first-order chi connectivity index (χ1) is 12.7. The highest BCUT2D eigenvalue weighted by atomic mass is 79.9. The quantitative estimate of drug-likeness (QED) is 0.568. The molecule has 2 aromatic carbocycles. The van der Waals surface area contributed by atoms with Crippen molar-refractivity contribution in [2.24, 2.45) is 0 Å². The molecule has 7 heteroatoms. The minimum atomic E-state index is -0.355. The monoisotopic (exact) mass is 428 g/mol. The van der Waals surface area contributed by atoms with E-state index < -0.39 is 0 Å². The summed E-state index contributed by atoms with van der Waals surface area (Å²) in [4.78, 5) is 4.62. The van der Waals surface area contributed by atoms with Crippen LogP contribution in [0.5, 0.6) is 5.88 Å². The van der Waals surface area contributed by atoms with Crippen molar-refractivity contribution in [2.45, 2.75) is 24.7 Å². The number of rotatable bonds is 4. The van der Waals surface area contributed by atoms with Gasteiger partial charge in [-0.05, 0) is 24.6 Å². The Kier molecular flexibility index (Phi) is 5.08. The maximum absolute atomic E-state index is 6.23. The van der Waals surface area contributed by atoms with Crippen molar-refractivity contribution in [1.29, 1.82) is 0 Å². The van der Waals surface area contributed by atoms with E-state index in [0.717, 1.165) is 33.5 Å². The summed E-state index contributed by atoms with van der Waals surface area (Å²) in [6.45, 7) is 2.13. The third kappa shape index (κ3) is 3.54. The number of ether oxygens (including phenoxy) is 1. The molecule has 0 bridgehead atoms. The number of anilines is 1.